The van der Waals surface area contributed by atoms with Crippen LogP contribution >= 0.6 is 0 Å². The molecule has 0 bridgehead atoms. The van der Waals surface area contributed by atoms with Crippen molar-refractivity contribution in [1.82, 2.24) is 0 Å². The minimum atomic E-state index is -3.61. The van der Waals surface area contributed by atoms with E-state index in [1.807, 2.05) is 5.92 Å². The van der Waals surface area contributed by atoms with Gasteiger partial charge in [0, 0.05) is 6.07 Å². The first-order valence-electron chi connectivity index (χ1n) is 5.57. The highest BCUT2D eigenvalue weighted by molar-refractivity contribution is 7.92. The zero-order chi connectivity index (χ0) is 15.2. The Kier molecular flexibility index (Phi) is 5.41. The van der Waals surface area contributed by atoms with Crippen molar-refractivity contribution in [2.24, 2.45) is 0 Å². The monoisotopic (exact) mass is 297 g/mol. The van der Waals surface area contributed by atoms with Gasteiger partial charge in [-0.3, -0.25) is 4.79 Å². The Balaban J connectivity index is 2.88. The summed E-state index contributed by atoms with van der Waals surface area (Å²) in [5.74, 6) is 1.06. The Labute approximate surface area is 118 Å². The summed E-state index contributed by atoms with van der Waals surface area (Å²) < 4.78 is 33.0. The molecule has 0 aliphatic rings. The Morgan fingerprint density at radius 1 is 1.35 bits per heavy atom. The van der Waals surface area contributed by atoms with E-state index in [4.69, 9.17) is 15.9 Å². The Morgan fingerprint density at radius 2 is 2.05 bits per heavy atom. The molecule has 6 nitrogen and oxygen atoms in total. The van der Waals surface area contributed by atoms with Gasteiger partial charge in [0.25, 0.3) is 0 Å². The van der Waals surface area contributed by atoms with Gasteiger partial charge in [0.15, 0.2) is 9.84 Å². The maximum atomic E-state index is 11.7. The maximum Gasteiger partial charge on any atom is 0.239 e. The number of hydrogen-bond acceptors (Lipinski definition) is 5. The first-order chi connectivity index (χ1) is 9.41. The lowest BCUT2D eigenvalue weighted by Gasteiger charge is -2.11. The number of amides is 1. The van der Waals surface area contributed by atoms with Crippen LogP contribution in [0.1, 0.15) is 0 Å². The summed E-state index contributed by atoms with van der Waals surface area (Å²) in [6, 6.07) is 4.79. The van der Waals surface area contributed by atoms with Gasteiger partial charge in [-0.25, -0.2) is 8.42 Å². The zero-order valence-corrected chi connectivity index (χ0v) is 12.0. The van der Waals surface area contributed by atoms with Crippen molar-refractivity contribution in [3.05, 3.63) is 18.2 Å². The summed E-state index contributed by atoms with van der Waals surface area (Å²) in [5, 5.41) is 2.46. The quantitative estimate of drug-likeness (QED) is 0.781. The summed E-state index contributed by atoms with van der Waals surface area (Å²) in [4.78, 5) is 11.7. The standard InChI is InChI=1S/C13H15NO5S/c1-4-7-20(16,17)9-13(15)14-11-8-10(18-2)5-6-12(11)19-3/h1,5-6,8H,7,9H2,2-3H3,(H,14,15). The third kappa shape index (κ3) is 4.48. The molecule has 0 unspecified atom stereocenters. The molecular formula is C13H15NO5S. The smallest absolute Gasteiger partial charge is 0.239 e. The average molecular weight is 297 g/mol. The molecule has 1 amide bonds. The molecule has 1 aromatic rings. The van der Waals surface area contributed by atoms with Crippen LogP contribution in [0.2, 0.25) is 0 Å². The normalized spacial score (nSPS) is 10.4. The van der Waals surface area contributed by atoms with Gasteiger partial charge >= 0.3 is 0 Å². The minimum Gasteiger partial charge on any atom is -0.497 e. The molecule has 0 fully saturated rings. The number of carbonyl (C=O) groups is 1. The van der Waals surface area contributed by atoms with Crippen LogP contribution in [0.15, 0.2) is 18.2 Å². The van der Waals surface area contributed by atoms with E-state index < -0.39 is 27.3 Å². The fraction of sp³-hybridized carbons (Fsp3) is 0.308. The van der Waals surface area contributed by atoms with Crippen molar-refractivity contribution in [3.63, 3.8) is 0 Å². The molecule has 0 radical (unpaired) electrons. The fourth-order valence-corrected chi connectivity index (χ4v) is 2.30. The number of rotatable bonds is 6. The number of nitrogens with one attached hydrogen (secondary N) is 1. The number of anilines is 1. The van der Waals surface area contributed by atoms with Crippen LogP contribution in [0.25, 0.3) is 0 Å². The second kappa shape index (κ2) is 6.82. The molecule has 1 rings (SSSR count). The first-order valence-corrected chi connectivity index (χ1v) is 7.39. The van der Waals surface area contributed by atoms with E-state index in [1.165, 1.54) is 20.3 Å². The van der Waals surface area contributed by atoms with Crippen molar-refractivity contribution in [2.45, 2.75) is 0 Å². The van der Waals surface area contributed by atoms with E-state index in [9.17, 15) is 13.2 Å². The molecule has 0 aliphatic heterocycles. The lowest BCUT2D eigenvalue weighted by molar-refractivity contribution is -0.113. The van der Waals surface area contributed by atoms with Gasteiger partial charge < -0.3 is 14.8 Å². The molecule has 0 heterocycles. The van der Waals surface area contributed by atoms with Gasteiger partial charge in [0.2, 0.25) is 5.91 Å². The van der Waals surface area contributed by atoms with E-state index >= 15 is 0 Å². The highest BCUT2D eigenvalue weighted by Crippen LogP contribution is 2.28. The number of methoxy groups -OCH3 is 2. The molecule has 0 aliphatic carbocycles. The molecule has 0 aromatic heterocycles. The van der Waals surface area contributed by atoms with Gasteiger partial charge in [-0.15, -0.1) is 6.42 Å². The van der Waals surface area contributed by atoms with Crippen LogP contribution in [0.5, 0.6) is 11.5 Å². The topological polar surface area (TPSA) is 81.7 Å². The summed E-state index contributed by atoms with van der Waals surface area (Å²) in [7, 11) is -0.692. The Bertz CT molecular complexity index is 631. The summed E-state index contributed by atoms with van der Waals surface area (Å²) >= 11 is 0. The minimum absolute atomic E-state index is 0.327. The molecule has 108 valence electrons. The molecule has 1 aromatic carbocycles. The molecule has 1 N–H and O–H groups in total. The predicted molar refractivity (Wildman–Crippen MR) is 75.7 cm³/mol. The van der Waals surface area contributed by atoms with Gasteiger partial charge in [-0.1, -0.05) is 5.92 Å². The van der Waals surface area contributed by atoms with E-state index in [2.05, 4.69) is 5.32 Å². The lowest BCUT2D eigenvalue weighted by Crippen LogP contribution is -2.24. The van der Waals surface area contributed by atoms with E-state index in [-0.39, 0.29) is 0 Å². The second-order valence-electron chi connectivity index (χ2n) is 3.85. The van der Waals surface area contributed by atoms with Gasteiger partial charge in [-0.2, -0.15) is 0 Å². The van der Waals surface area contributed by atoms with Gasteiger partial charge in [0.05, 0.1) is 19.9 Å². The van der Waals surface area contributed by atoms with Crippen LogP contribution in [-0.4, -0.2) is 40.1 Å². The Hall–Kier alpha value is -2.20. The summed E-state index contributed by atoms with van der Waals surface area (Å²) in [6.45, 7) is 0. The van der Waals surface area contributed by atoms with Crippen LogP contribution in [0.3, 0.4) is 0 Å². The van der Waals surface area contributed by atoms with E-state index in [0.717, 1.165) is 0 Å². The SMILES string of the molecule is C#CCS(=O)(=O)CC(=O)Nc1cc(OC)ccc1OC. The van der Waals surface area contributed by atoms with E-state index in [0.29, 0.717) is 17.2 Å². The summed E-state index contributed by atoms with van der Waals surface area (Å²) in [5.41, 5.74) is 0.327. The van der Waals surface area contributed by atoms with Crippen LogP contribution < -0.4 is 14.8 Å². The number of carbonyl (C=O) groups excluding carboxylic acids is 1. The van der Waals surface area contributed by atoms with Crippen molar-refractivity contribution in [1.29, 1.82) is 0 Å². The zero-order valence-electron chi connectivity index (χ0n) is 11.2. The van der Waals surface area contributed by atoms with Crippen LogP contribution in [0, 0.1) is 12.3 Å². The third-order valence-electron chi connectivity index (χ3n) is 2.33. The summed E-state index contributed by atoms with van der Waals surface area (Å²) in [6.07, 6.45) is 4.93. The molecule has 0 saturated carbocycles. The number of hydrogen-bond donors (Lipinski definition) is 1. The molecule has 20 heavy (non-hydrogen) atoms. The van der Waals surface area contributed by atoms with Crippen molar-refractivity contribution >= 4 is 21.4 Å². The molecule has 0 spiro atoms. The van der Waals surface area contributed by atoms with Crippen molar-refractivity contribution < 1.29 is 22.7 Å². The number of ether oxygens (including phenoxy) is 2. The predicted octanol–water partition coefficient (Wildman–Crippen LogP) is 0.690. The molecule has 7 heteroatoms. The van der Waals surface area contributed by atoms with Crippen molar-refractivity contribution in [3.8, 4) is 23.8 Å². The first kappa shape index (κ1) is 15.9. The molecular weight excluding hydrogens is 282 g/mol. The van der Waals surface area contributed by atoms with Crippen LogP contribution in [-0.2, 0) is 14.6 Å². The lowest BCUT2D eigenvalue weighted by atomic mass is 10.2. The Morgan fingerprint density at radius 3 is 2.60 bits per heavy atom. The largest absolute Gasteiger partial charge is 0.497 e. The number of sulfone groups is 1. The maximum absolute atomic E-state index is 11.7. The van der Waals surface area contributed by atoms with Crippen molar-refractivity contribution in [2.75, 3.05) is 31.0 Å². The number of benzene rings is 1. The second-order valence-corrected chi connectivity index (χ2v) is 5.92. The highest BCUT2D eigenvalue weighted by atomic mass is 32.2. The average Bonchev–Trinajstić information content (AvgIpc) is 2.37. The van der Waals surface area contributed by atoms with E-state index in [1.54, 1.807) is 12.1 Å². The van der Waals surface area contributed by atoms with Gasteiger partial charge in [0.1, 0.15) is 23.0 Å². The van der Waals surface area contributed by atoms with Gasteiger partial charge in [-0.05, 0) is 12.1 Å². The number of terminal acetylenes is 1. The third-order valence-corrected chi connectivity index (χ3v) is 3.64. The fourth-order valence-electron chi connectivity index (χ4n) is 1.48. The molecule has 0 atom stereocenters. The molecule has 0 saturated heterocycles. The van der Waals surface area contributed by atoms with Crippen LogP contribution in [0.4, 0.5) is 5.69 Å². The highest BCUT2D eigenvalue weighted by Gasteiger charge is 2.17.